The predicted octanol–water partition coefficient (Wildman–Crippen LogP) is 3.52. The standard InChI is InChI=1S/C18H22N2/c19-17(15-8-3-1-4-9-15)14-20-13-7-12-18(20)16-10-5-2-6-11-16/h1-6,8-11,17-18H,7,12-14,19H2. The van der Waals surface area contributed by atoms with Gasteiger partial charge in [0.05, 0.1) is 0 Å². The van der Waals surface area contributed by atoms with Crippen molar-refractivity contribution in [3.8, 4) is 0 Å². The second-order valence-electron chi connectivity index (χ2n) is 5.58. The fraction of sp³-hybridized carbons (Fsp3) is 0.333. The first-order valence-corrected chi connectivity index (χ1v) is 7.44. The molecule has 0 bridgehead atoms. The molecular formula is C18H22N2. The van der Waals surface area contributed by atoms with Crippen LogP contribution in [0.15, 0.2) is 60.7 Å². The molecule has 2 N–H and O–H groups in total. The van der Waals surface area contributed by atoms with E-state index in [1.165, 1.54) is 24.0 Å². The number of nitrogens with zero attached hydrogens (tertiary/aromatic N) is 1. The van der Waals surface area contributed by atoms with Crippen LogP contribution in [0.25, 0.3) is 0 Å². The molecule has 0 aromatic heterocycles. The van der Waals surface area contributed by atoms with E-state index in [4.69, 9.17) is 5.73 Å². The number of benzene rings is 2. The maximum atomic E-state index is 6.37. The molecule has 0 saturated carbocycles. The van der Waals surface area contributed by atoms with Crippen LogP contribution in [0, 0.1) is 0 Å². The Bertz CT molecular complexity index is 524. The van der Waals surface area contributed by atoms with E-state index in [0.717, 1.165) is 13.1 Å². The van der Waals surface area contributed by atoms with Gasteiger partial charge >= 0.3 is 0 Å². The summed E-state index contributed by atoms with van der Waals surface area (Å²) >= 11 is 0. The Hall–Kier alpha value is -1.64. The molecule has 2 atom stereocenters. The van der Waals surface area contributed by atoms with Gasteiger partial charge in [0.2, 0.25) is 0 Å². The fourth-order valence-corrected chi connectivity index (χ4v) is 3.16. The highest BCUT2D eigenvalue weighted by molar-refractivity contribution is 5.22. The van der Waals surface area contributed by atoms with Crippen molar-refractivity contribution in [2.75, 3.05) is 13.1 Å². The van der Waals surface area contributed by atoms with Crippen molar-refractivity contribution in [1.29, 1.82) is 0 Å². The van der Waals surface area contributed by atoms with Crippen molar-refractivity contribution in [2.45, 2.75) is 24.9 Å². The van der Waals surface area contributed by atoms with Crippen LogP contribution in [0.4, 0.5) is 0 Å². The maximum Gasteiger partial charge on any atom is 0.0424 e. The molecular weight excluding hydrogens is 244 g/mol. The SMILES string of the molecule is NC(CN1CCCC1c1ccccc1)c1ccccc1. The highest BCUT2D eigenvalue weighted by Crippen LogP contribution is 2.32. The second kappa shape index (κ2) is 6.21. The van der Waals surface area contributed by atoms with E-state index in [0.29, 0.717) is 6.04 Å². The lowest BCUT2D eigenvalue weighted by molar-refractivity contribution is 0.241. The Morgan fingerprint density at radius 1 is 1.00 bits per heavy atom. The molecule has 2 aromatic carbocycles. The van der Waals surface area contributed by atoms with Crippen LogP contribution < -0.4 is 5.73 Å². The molecule has 20 heavy (non-hydrogen) atoms. The number of rotatable bonds is 4. The topological polar surface area (TPSA) is 29.3 Å². The molecule has 2 nitrogen and oxygen atoms in total. The van der Waals surface area contributed by atoms with Crippen molar-refractivity contribution in [3.05, 3.63) is 71.8 Å². The van der Waals surface area contributed by atoms with Crippen LogP contribution in [0.1, 0.15) is 36.1 Å². The molecule has 2 aromatic rings. The minimum atomic E-state index is 0.0977. The lowest BCUT2D eigenvalue weighted by Gasteiger charge is -2.27. The van der Waals surface area contributed by atoms with Gasteiger partial charge in [-0.15, -0.1) is 0 Å². The summed E-state index contributed by atoms with van der Waals surface area (Å²) < 4.78 is 0. The van der Waals surface area contributed by atoms with Gasteiger partial charge in [0.25, 0.3) is 0 Å². The van der Waals surface area contributed by atoms with Gasteiger partial charge in [0, 0.05) is 18.6 Å². The molecule has 1 heterocycles. The summed E-state index contributed by atoms with van der Waals surface area (Å²) in [7, 11) is 0. The van der Waals surface area contributed by atoms with Crippen molar-refractivity contribution >= 4 is 0 Å². The summed E-state index contributed by atoms with van der Waals surface area (Å²) in [5.41, 5.74) is 9.02. The monoisotopic (exact) mass is 266 g/mol. The third kappa shape index (κ3) is 2.92. The number of hydrogen-bond acceptors (Lipinski definition) is 2. The first-order valence-electron chi connectivity index (χ1n) is 7.44. The molecule has 0 spiro atoms. The number of likely N-dealkylation sites (tertiary alicyclic amines) is 1. The van der Waals surface area contributed by atoms with Crippen molar-refractivity contribution in [3.63, 3.8) is 0 Å². The Morgan fingerprint density at radius 2 is 1.65 bits per heavy atom. The summed E-state index contributed by atoms with van der Waals surface area (Å²) in [5.74, 6) is 0. The molecule has 1 fully saturated rings. The Balaban J connectivity index is 1.70. The first kappa shape index (κ1) is 13.3. The molecule has 2 unspecified atom stereocenters. The molecule has 2 heteroatoms. The quantitative estimate of drug-likeness (QED) is 0.917. The second-order valence-corrected chi connectivity index (χ2v) is 5.58. The summed E-state index contributed by atoms with van der Waals surface area (Å²) in [5, 5.41) is 0. The van der Waals surface area contributed by atoms with Gasteiger partial charge in [-0.1, -0.05) is 60.7 Å². The molecule has 0 radical (unpaired) electrons. The van der Waals surface area contributed by atoms with Crippen LogP contribution in [0.3, 0.4) is 0 Å². The third-order valence-corrected chi connectivity index (χ3v) is 4.21. The van der Waals surface area contributed by atoms with Crippen LogP contribution in [0.5, 0.6) is 0 Å². The predicted molar refractivity (Wildman–Crippen MR) is 83.4 cm³/mol. The minimum absolute atomic E-state index is 0.0977. The third-order valence-electron chi connectivity index (χ3n) is 4.21. The Kier molecular flexibility index (Phi) is 4.14. The molecule has 104 valence electrons. The number of nitrogens with two attached hydrogens (primary N) is 1. The molecule has 0 amide bonds. The number of hydrogen-bond donors (Lipinski definition) is 1. The van der Waals surface area contributed by atoms with Crippen LogP contribution in [-0.2, 0) is 0 Å². The van der Waals surface area contributed by atoms with Gasteiger partial charge in [-0.25, -0.2) is 0 Å². The minimum Gasteiger partial charge on any atom is -0.323 e. The van der Waals surface area contributed by atoms with Crippen molar-refractivity contribution < 1.29 is 0 Å². The summed E-state index contributed by atoms with van der Waals surface area (Å²) in [6.07, 6.45) is 2.51. The Morgan fingerprint density at radius 3 is 2.35 bits per heavy atom. The van der Waals surface area contributed by atoms with Crippen molar-refractivity contribution in [1.82, 2.24) is 4.90 Å². The summed E-state index contributed by atoms with van der Waals surface area (Å²) in [6.45, 7) is 2.09. The lowest BCUT2D eigenvalue weighted by Crippen LogP contribution is -2.31. The average molecular weight is 266 g/mol. The highest BCUT2D eigenvalue weighted by Gasteiger charge is 2.27. The summed E-state index contributed by atoms with van der Waals surface area (Å²) in [4.78, 5) is 2.53. The van der Waals surface area contributed by atoms with Crippen LogP contribution in [-0.4, -0.2) is 18.0 Å². The van der Waals surface area contributed by atoms with E-state index in [1.54, 1.807) is 0 Å². The van der Waals surface area contributed by atoms with E-state index >= 15 is 0 Å². The molecule has 1 saturated heterocycles. The highest BCUT2D eigenvalue weighted by atomic mass is 15.2. The lowest BCUT2D eigenvalue weighted by atomic mass is 10.0. The van der Waals surface area contributed by atoms with E-state index in [1.807, 2.05) is 6.07 Å². The van der Waals surface area contributed by atoms with Gasteiger partial charge < -0.3 is 5.73 Å². The summed E-state index contributed by atoms with van der Waals surface area (Å²) in [6, 6.07) is 21.8. The van der Waals surface area contributed by atoms with E-state index < -0.39 is 0 Å². The molecule has 0 aliphatic carbocycles. The molecule has 1 aliphatic rings. The van der Waals surface area contributed by atoms with Gasteiger partial charge in [-0.3, -0.25) is 4.90 Å². The molecule has 3 rings (SSSR count). The molecule has 1 aliphatic heterocycles. The van der Waals surface area contributed by atoms with Gasteiger partial charge in [-0.05, 0) is 30.5 Å². The first-order chi connectivity index (χ1) is 9.84. The van der Waals surface area contributed by atoms with Crippen LogP contribution >= 0.6 is 0 Å². The van der Waals surface area contributed by atoms with Gasteiger partial charge in [-0.2, -0.15) is 0 Å². The zero-order chi connectivity index (χ0) is 13.8. The average Bonchev–Trinajstić information content (AvgIpc) is 2.97. The normalized spacial score (nSPS) is 20.9. The smallest absolute Gasteiger partial charge is 0.0424 e. The fourth-order valence-electron chi connectivity index (χ4n) is 3.16. The maximum absolute atomic E-state index is 6.37. The van der Waals surface area contributed by atoms with E-state index in [9.17, 15) is 0 Å². The van der Waals surface area contributed by atoms with Crippen LogP contribution in [0.2, 0.25) is 0 Å². The zero-order valence-electron chi connectivity index (χ0n) is 11.8. The van der Waals surface area contributed by atoms with Gasteiger partial charge in [0.1, 0.15) is 0 Å². The largest absolute Gasteiger partial charge is 0.323 e. The van der Waals surface area contributed by atoms with Gasteiger partial charge in [0.15, 0.2) is 0 Å². The van der Waals surface area contributed by atoms with E-state index in [-0.39, 0.29) is 6.04 Å². The Labute approximate surface area is 121 Å². The van der Waals surface area contributed by atoms with E-state index in [2.05, 4.69) is 59.5 Å². The van der Waals surface area contributed by atoms with Crippen molar-refractivity contribution in [2.24, 2.45) is 5.73 Å². The zero-order valence-corrected chi connectivity index (χ0v) is 11.8.